The Balaban J connectivity index is 2.03. The molecule has 1 aliphatic rings. The molecule has 17 heavy (non-hydrogen) atoms. The molecule has 0 aromatic carbocycles. The SMILES string of the molecule is O=C(O)c1nn(COCC2CC2)cc1[N+](=O)[O-]. The average molecular weight is 241 g/mol. The number of aromatic nitrogens is 2. The first-order valence-corrected chi connectivity index (χ1v) is 5.11. The van der Waals surface area contributed by atoms with E-state index in [2.05, 4.69) is 5.10 Å². The summed E-state index contributed by atoms with van der Waals surface area (Å²) in [6, 6.07) is 0. The van der Waals surface area contributed by atoms with Gasteiger partial charge in [0.1, 0.15) is 12.9 Å². The first kappa shape index (κ1) is 11.5. The van der Waals surface area contributed by atoms with Gasteiger partial charge in [-0.3, -0.25) is 10.1 Å². The van der Waals surface area contributed by atoms with Gasteiger partial charge in [0.25, 0.3) is 0 Å². The highest BCUT2D eigenvalue weighted by atomic mass is 16.6. The molecule has 1 N–H and O–H groups in total. The van der Waals surface area contributed by atoms with Crippen LogP contribution in [0.1, 0.15) is 23.3 Å². The van der Waals surface area contributed by atoms with Crippen molar-refractivity contribution in [1.29, 1.82) is 0 Å². The molecule has 0 saturated heterocycles. The van der Waals surface area contributed by atoms with Crippen molar-refractivity contribution in [3.63, 3.8) is 0 Å². The molecule has 8 heteroatoms. The number of carboxylic acids is 1. The third-order valence-electron chi connectivity index (χ3n) is 2.42. The maximum Gasteiger partial charge on any atom is 0.363 e. The van der Waals surface area contributed by atoms with Crippen molar-refractivity contribution in [3.05, 3.63) is 22.0 Å². The van der Waals surface area contributed by atoms with Crippen molar-refractivity contribution < 1.29 is 19.6 Å². The van der Waals surface area contributed by atoms with Crippen LogP contribution in [0.5, 0.6) is 0 Å². The lowest BCUT2D eigenvalue weighted by Crippen LogP contribution is -2.07. The zero-order valence-electron chi connectivity index (χ0n) is 8.90. The molecule has 1 aromatic rings. The van der Waals surface area contributed by atoms with E-state index in [1.165, 1.54) is 0 Å². The molecule has 0 amide bonds. The third-order valence-corrected chi connectivity index (χ3v) is 2.42. The summed E-state index contributed by atoms with van der Waals surface area (Å²) in [7, 11) is 0. The van der Waals surface area contributed by atoms with E-state index in [4.69, 9.17) is 9.84 Å². The van der Waals surface area contributed by atoms with Crippen LogP contribution >= 0.6 is 0 Å². The van der Waals surface area contributed by atoms with Gasteiger partial charge in [-0.15, -0.1) is 0 Å². The van der Waals surface area contributed by atoms with Gasteiger partial charge in [-0.2, -0.15) is 5.10 Å². The summed E-state index contributed by atoms with van der Waals surface area (Å²) in [5, 5.41) is 22.9. The third kappa shape index (κ3) is 2.78. The zero-order valence-corrected chi connectivity index (χ0v) is 8.90. The van der Waals surface area contributed by atoms with E-state index in [-0.39, 0.29) is 6.73 Å². The highest BCUT2D eigenvalue weighted by molar-refractivity contribution is 5.89. The number of carbonyl (C=O) groups is 1. The Morgan fingerprint density at radius 3 is 2.88 bits per heavy atom. The van der Waals surface area contributed by atoms with Crippen LogP contribution in [0.25, 0.3) is 0 Å². The number of aromatic carboxylic acids is 1. The van der Waals surface area contributed by atoms with E-state index in [1.807, 2.05) is 0 Å². The van der Waals surface area contributed by atoms with Gasteiger partial charge in [0.15, 0.2) is 0 Å². The molecule has 8 nitrogen and oxygen atoms in total. The van der Waals surface area contributed by atoms with Gasteiger partial charge < -0.3 is 9.84 Å². The van der Waals surface area contributed by atoms with Gasteiger partial charge in [-0.1, -0.05) is 0 Å². The van der Waals surface area contributed by atoms with E-state index in [0.29, 0.717) is 12.5 Å². The number of rotatable bonds is 6. The largest absolute Gasteiger partial charge is 0.476 e. The molecule has 0 unspecified atom stereocenters. The lowest BCUT2D eigenvalue weighted by Gasteiger charge is -2.01. The second-order valence-electron chi connectivity index (χ2n) is 3.91. The molecule has 0 aliphatic heterocycles. The average Bonchev–Trinajstić information content (AvgIpc) is 2.95. The summed E-state index contributed by atoms with van der Waals surface area (Å²) in [4.78, 5) is 20.5. The number of ether oxygens (including phenoxy) is 1. The Labute approximate surface area is 95.9 Å². The van der Waals surface area contributed by atoms with Crippen LogP contribution in [0.3, 0.4) is 0 Å². The number of hydrogen-bond donors (Lipinski definition) is 1. The van der Waals surface area contributed by atoms with E-state index in [1.54, 1.807) is 0 Å². The molecule has 0 bridgehead atoms. The molecular formula is C9H11N3O5. The Morgan fingerprint density at radius 2 is 2.41 bits per heavy atom. The summed E-state index contributed by atoms with van der Waals surface area (Å²) < 4.78 is 6.39. The molecular weight excluding hydrogens is 230 g/mol. The summed E-state index contributed by atoms with van der Waals surface area (Å²) in [6.07, 6.45) is 3.34. The number of carboxylic acid groups (broad SMARTS) is 1. The van der Waals surface area contributed by atoms with E-state index in [9.17, 15) is 14.9 Å². The van der Waals surface area contributed by atoms with Crippen molar-refractivity contribution in [1.82, 2.24) is 9.78 Å². The van der Waals surface area contributed by atoms with Crippen LogP contribution in [0.4, 0.5) is 5.69 Å². The fraction of sp³-hybridized carbons (Fsp3) is 0.556. The van der Waals surface area contributed by atoms with Crippen molar-refractivity contribution in [2.24, 2.45) is 5.92 Å². The Kier molecular flexibility index (Phi) is 3.05. The van der Waals surface area contributed by atoms with Crippen molar-refractivity contribution in [3.8, 4) is 0 Å². The fourth-order valence-electron chi connectivity index (χ4n) is 1.36. The van der Waals surface area contributed by atoms with Gasteiger partial charge in [0.2, 0.25) is 5.69 Å². The molecule has 1 saturated carbocycles. The monoisotopic (exact) mass is 241 g/mol. The first-order chi connectivity index (χ1) is 8.08. The Morgan fingerprint density at radius 1 is 1.71 bits per heavy atom. The van der Waals surface area contributed by atoms with Crippen molar-refractivity contribution in [2.75, 3.05) is 6.61 Å². The van der Waals surface area contributed by atoms with Crippen molar-refractivity contribution >= 4 is 11.7 Å². The molecule has 0 radical (unpaired) electrons. The van der Waals surface area contributed by atoms with Gasteiger partial charge in [-0.05, 0) is 18.8 Å². The lowest BCUT2D eigenvalue weighted by atomic mass is 10.4. The molecule has 1 aliphatic carbocycles. The molecule has 0 atom stereocenters. The minimum atomic E-state index is -1.42. The lowest BCUT2D eigenvalue weighted by molar-refractivity contribution is -0.385. The molecule has 1 heterocycles. The summed E-state index contributed by atoms with van der Waals surface area (Å²) in [6.45, 7) is 0.612. The molecule has 1 fully saturated rings. The predicted molar refractivity (Wildman–Crippen MR) is 54.5 cm³/mol. The Hall–Kier alpha value is -1.96. The second-order valence-corrected chi connectivity index (χ2v) is 3.91. The highest BCUT2D eigenvalue weighted by Gasteiger charge is 2.25. The standard InChI is InChI=1S/C9H11N3O5/c13-9(14)8-7(12(15)16)3-11(10-8)5-17-4-6-1-2-6/h3,6H,1-2,4-5H2,(H,13,14). The topological polar surface area (TPSA) is 107 Å². The molecule has 1 aromatic heterocycles. The second kappa shape index (κ2) is 4.50. The van der Waals surface area contributed by atoms with Crippen LogP contribution in [-0.4, -0.2) is 32.4 Å². The maximum atomic E-state index is 10.7. The summed E-state index contributed by atoms with van der Waals surface area (Å²) >= 11 is 0. The molecule has 92 valence electrons. The van der Waals surface area contributed by atoms with Crippen LogP contribution < -0.4 is 0 Å². The number of nitrogens with zero attached hydrogens (tertiary/aromatic N) is 3. The first-order valence-electron chi connectivity index (χ1n) is 5.11. The van der Waals surface area contributed by atoms with E-state index < -0.39 is 22.3 Å². The number of nitro groups is 1. The van der Waals surface area contributed by atoms with Gasteiger partial charge in [0.05, 0.1) is 11.5 Å². The minimum absolute atomic E-state index is 0.0324. The zero-order chi connectivity index (χ0) is 12.4. The predicted octanol–water partition coefficient (Wildman–Crippen LogP) is 0.874. The minimum Gasteiger partial charge on any atom is -0.476 e. The van der Waals surface area contributed by atoms with Crippen LogP contribution in [0.2, 0.25) is 0 Å². The van der Waals surface area contributed by atoms with Crippen LogP contribution in [0, 0.1) is 16.0 Å². The van der Waals surface area contributed by atoms with Crippen LogP contribution in [0.15, 0.2) is 6.20 Å². The van der Waals surface area contributed by atoms with Gasteiger partial charge >= 0.3 is 11.7 Å². The summed E-state index contributed by atoms with van der Waals surface area (Å²) in [5.41, 5.74) is -1.09. The molecule has 0 spiro atoms. The normalized spacial score (nSPS) is 14.8. The van der Waals surface area contributed by atoms with E-state index >= 15 is 0 Å². The quantitative estimate of drug-likeness (QED) is 0.584. The van der Waals surface area contributed by atoms with Gasteiger partial charge in [0, 0.05) is 0 Å². The molecule has 2 rings (SSSR count). The smallest absolute Gasteiger partial charge is 0.363 e. The van der Waals surface area contributed by atoms with Gasteiger partial charge in [-0.25, -0.2) is 9.48 Å². The fourth-order valence-corrected chi connectivity index (χ4v) is 1.36. The van der Waals surface area contributed by atoms with Crippen LogP contribution in [-0.2, 0) is 11.5 Å². The Bertz CT molecular complexity index is 420. The van der Waals surface area contributed by atoms with E-state index in [0.717, 1.165) is 23.7 Å². The van der Waals surface area contributed by atoms with Crippen molar-refractivity contribution in [2.45, 2.75) is 19.6 Å². The summed E-state index contributed by atoms with van der Waals surface area (Å²) in [5.74, 6) is -0.850. The maximum absolute atomic E-state index is 10.7. The highest BCUT2D eigenvalue weighted by Crippen LogP contribution is 2.28. The number of hydrogen-bond acceptors (Lipinski definition) is 5.